The number of carbonyl (C=O) groups is 1. The predicted molar refractivity (Wildman–Crippen MR) is 113 cm³/mol. The van der Waals surface area contributed by atoms with Crippen molar-refractivity contribution in [2.24, 2.45) is 11.7 Å². The molecular formula is C21H29F3N4O3. The van der Waals surface area contributed by atoms with Gasteiger partial charge in [-0.1, -0.05) is 27.7 Å². The number of anilines is 1. The summed E-state index contributed by atoms with van der Waals surface area (Å²) in [6.45, 7) is 7.88. The molecule has 0 aliphatic heterocycles. The van der Waals surface area contributed by atoms with E-state index < -0.39 is 17.8 Å². The first kappa shape index (κ1) is 26.2. The van der Waals surface area contributed by atoms with Gasteiger partial charge in [-0.3, -0.25) is 10.3 Å². The molecular weight excluding hydrogens is 413 g/mol. The number of nitrogens with one attached hydrogen (secondary N) is 1. The van der Waals surface area contributed by atoms with E-state index in [0.717, 1.165) is 12.3 Å². The molecule has 0 aliphatic carbocycles. The van der Waals surface area contributed by atoms with E-state index in [9.17, 15) is 18.0 Å². The molecule has 0 bridgehead atoms. The first-order chi connectivity index (χ1) is 14.6. The molecule has 3 N–H and O–H groups in total. The van der Waals surface area contributed by atoms with E-state index in [-0.39, 0.29) is 29.9 Å². The minimum atomic E-state index is -4.64. The lowest BCUT2D eigenvalue weighted by molar-refractivity contribution is -0.139. The molecule has 2 rings (SSSR count). The van der Waals surface area contributed by atoms with Gasteiger partial charge < -0.3 is 15.2 Å². The van der Waals surface area contributed by atoms with Gasteiger partial charge in [0.1, 0.15) is 23.7 Å². The van der Waals surface area contributed by atoms with Crippen molar-refractivity contribution in [1.82, 2.24) is 9.97 Å². The maximum atomic E-state index is 13.6. The Bertz CT molecular complexity index is 845. The number of nitrogens with two attached hydrogens (primary N) is 1. The Balaban J connectivity index is 0.00000233. The Morgan fingerprint density at radius 1 is 1.23 bits per heavy atom. The highest BCUT2D eigenvalue weighted by molar-refractivity contribution is 5.84. The molecule has 0 spiro atoms. The second kappa shape index (κ2) is 12.1. The minimum absolute atomic E-state index is 0.0477. The van der Waals surface area contributed by atoms with E-state index in [0.29, 0.717) is 17.9 Å². The zero-order valence-corrected chi connectivity index (χ0v) is 18.3. The number of nitrogens with zero attached hydrogens (tertiary/aromatic N) is 2. The molecule has 1 amide bonds. The van der Waals surface area contributed by atoms with E-state index in [1.165, 1.54) is 25.4 Å². The highest BCUT2D eigenvalue weighted by Gasteiger charge is 2.35. The number of halogens is 3. The quantitative estimate of drug-likeness (QED) is 0.618. The van der Waals surface area contributed by atoms with Crippen molar-refractivity contribution in [1.29, 1.82) is 0 Å². The number of carbonyl (C=O) groups excluding carboxylic acids is 1. The highest BCUT2D eigenvalue weighted by Crippen LogP contribution is 2.38. The summed E-state index contributed by atoms with van der Waals surface area (Å²) < 4.78 is 50.4. The van der Waals surface area contributed by atoms with Crippen molar-refractivity contribution in [3.63, 3.8) is 0 Å². The number of methoxy groups -OCH3 is 1. The first-order valence-electron chi connectivity index (χ1n) is 9.87. The molecule has 0 fully saturated rings. The summed E-state index contributed by atoms with van der Waals surface area (Å²) in [4.78, 5) is 19.3. The summed E-state index contributed by atoms with van der Waals surface area (Å²) in [5, 5.41) is 2.35. The van der Waals surface area contributed by atoms with E-state index >= 15 is 0 Å². The van der Waals surface area contributed by atoms with Gasteiger partial charge in [0.15, 0.2) is 0 Å². The van der Waals surface area contributed by atoms with Crippen LogP contribution in [-0.2, 0) is 10.9 Å². The van der Waals surface area contributed by atoms with Gasteiger partial charge in [0.05, 0.1) is 19.0 Å². The van der Waals surface area contributed by atoms with E-state index in [1.807, 2.05) is 27.7 Å². The van der Waals surface area contributed by atoms with Crippen LogP contribution in [0, 0.1) is 5.92 Å². The van der Waals surface area contributed by atoms with Crippen LogP contribution in [0.25, 0.3) is 11.3 Å². The van der Waals surface area contributed by atoms with E-state index in [4.69, 9.17) is 10.5 Å². The van der Waals surface area contributed by atoms with Crippen LogP contribution < -0.4 is 15.8 Å². The van der Waals surface area contributed by atoms with Crippen molar-refractivity contribution >= 4 is 11.9 Å². The third-order valence-electron chi connectivity index (χ3n) is 3.87. The standard InChI is InChI=1S/C19H23F3N4O3.C2H6/c1-11(2)6-13(23)10-29-16-9-25-15(8-14(16)19(20,21)22)12-4-5-24-17(7-12)26-18(27)28-3;1-2/h4-5,7-9,11,13H,6,10,23H2,1-3H3,(H,24,26,27);1-2H3. The second-order valence-electron chi connectivity index (χ2n) is 6.81. The van der Waals surface area contributed by atoms with Gasteiger partial charge in [-0.15, -0.1) is 0 Å². The van der Waals surface area contributed by atoms with E-state index in [2.05, 4.69) is 20.0 Å². The topological polar surface area (TPSA) is 99.4 Å². The Morgan fingerprint density at radius 2 is 1.90 bits per heavy atom. The third kappa shape index (κ3) is 8.41. The monoisotopic (exact) mass is 442 g/mol. The predicted octanol–water partition coefficient (Wildman–Crippen LogP) is 5.12. The zero-order chi connectivity index (χ0) is 23.6. The molecule has 0 saturated heterocycles. The smallest absolute Gasteiger partial charge is 0.420 e. The number of pyridine rings is 2. The summed E-state index contributed by atoms with van der Waals surface area (Å²) in [6.07, 6.45) is -2.41. The summed E-state index contributed by atoms with van der Waals surface area (Å²) in [5.41, 5.74) is 5.31. The molecule has 7 nitrogen and oxygen atoms in total. The summed E-state index contributed by atoms with van der Waals surface area (Å²) in [5.74, 6) is 0.0304. The van der Waals surface area contributed by atoms with E-state index in [1.54, 1.807) is 0 Å². The number of rotatable bonds is 7. The lowest BCUT2D eigenvalue weighted by Crippen LogP contribution is -2.29. The van der Waals surface area contributed by atoms with Crippen LogP contribution in [0.1, 0.15) is 39.7 Å². The molecule has 2 heterocycles. The Kier molecular flexibility index (Phi) is 10.2. The van der Waals surface area contributed by atoms with Crippen molar-refractivity contribution in [3.8, 4) is 17.0 Å². The van der Waals surface area contributed by atoms with Crippen molar-refractivity contribution in [2.45, 2.75) is 46.3 Å². The number of alkyl halides is 3. The summed E-state index contributed by atoms with van der Waals surface area (Å²) in [6, 6.07) is 3.37. The van der Waals surface area contributed by atoms with Crippen LogP contribution in [0.15, 0.2) is 30.6 Å². The van der Waals surface area contributed by atoms with Gasteiger partial charge in [0, 0.05) is 17.8 Å². The van der Waals surface area contributed by atoms with Crippen LogP contribution in [0.5, 0.6) is 5.75 Å². The van der Waals surface area contributed by atoms with Gasteiger partial charge in [0.25, 0.3) is 0 Å². The van der Waals surface area contributed by atoms with Crippen LogP contribution in [0.2, 0.25) is 0 Å². The number of hydrogen-bond acceptors (Lipinski definition) is 6. The summed E-state index contributed by atoms with van der Waals surface area (Å²) >= 11 is 0. The number of amides is 1. The average molecular weight is 442 g/mol. The van der Waals surface area contributed by atoms with Crippen molar-refractivity contribution in [3.05, 3.63) is 36.2 Å². The molecule has 172 valence electrons. The fraction of sp³-hybridized carbons (Fsp3) is 0.476. The Morgan fingerprint density at radius 3 is 2.48 bits per heavy atom. The number of aromatic nitrogens is 2. The largest absolute Gasteiger partial charge is 0.490 e. The van der Waals surface area contributed by atoms with Crippen LogP contribution in [-0.4, -0.2) is 35.8 Å². The van der Waals surface area contributed by atoms with Gasteiger partial charge in [-0.2, -0.15) is 13.2 Å². The first-order valence-corrected chi connectivity index (χ1v) is 9.87. The van der Waals surface area contributed by atoms with Gasteiger partial charge >= 0.3 is 12.3 Å². The Labute approximate surface area is 180 Å². The molecule has 10 heteroatoms. The highest BCUT2D eigenvalue weighted by atomic mass is 19.4. The molecule has 2 aromatic heterocycles. The fourth-order valence-corrected chi connectivity index (χ4v) is 2.62. The zero-order valence-electron chi connectivity index (χ0n) is 18.3. The number of hydrogen-bond donors (Lipinski definition) is 2. The fourth-order valence-electron chi connectivity index (χ4n) is 2.62. The number of ether oxygens (including phenoxy) is 2. The summed E-state index contributed by atoms with van der Waals surface area (Å²) in [7, 11) is 1.18. The molecule has 31 heavy (non-hydrogen) atoms. The van der Waals surface area contributed by atoms with Crippen molar-refractivity contribution in [2.75, 3.05) is 19.0 Å². The lowest BCUT2D eigenvalue weighted by atomic mass is 10.1. The lowest BCUT2D eigenvalue weighted by Gasteiger charge is -2.18. The van der Waals surface area contributed by atoms with Crippen LogP contribution in [0.4, 0.5) is 23.8 Å². The molecule has 0 saturated carbocycles. The molecule has 0 aromatic carbocycles. The molecule has 0 aliphatic rings. The van der Waals surface area contributed by atoms with Crippen molar-refractivity contribution < 1.29 is 27.4 Å². The Hall–Kier alpha value is -2.88. The molecule has 1 atom stereocenters. The SMILES string of the molecule is CC.COC(=O)Nc1cc(-c2cc(C(F)(F)F)c(OCC(N)CC(C)C)cn2)ccn1. The molecule has 1 unspecified atom stereocenters. The van der Waals surface area contributed by atoms with Crippen LogP contribution in [0.3, 0.4) is 0 Å². The second-order valence-corrected chi connectivity index (χ2v) is 6.81. The molecule has 0 radical (unpaired) electrons. The van der Waals surface area contributed by atoms with Gasteiger partial charge in [0.2, 0.25) is 0 Å². The minimum Gasteiger partial charge on any atom is -0.490 e. The third-order valence-corrected chi connectivity index (χ3v) is 3.87. The van der Waals surface area contributed by atoms with Gasteiger partial charge in [-0.05, 0) is 30.5 Å². The van der Waals surface area contributed by atoms with Crippen LogP contribution >= 0.6 is 0 Å². The normalized spacial score (nSPS) is 11.9. The maximum Gasteiger partial charge on any atom is 0.420 e. The maximum absolute atomic E-state index is 13.6. The molecule has 2 aromatic rings. The van der Waals surface area contributed by atoms with Gasteiger partial charge in [-0.25, -0.2) is 9.78 Å². The average Bonchev–Trinajstić information content (AvgIpc) is 2.72.